The van der Waals surface area contributed by atoms with E-state index < -0.39 is 0 Å². The lowest BCUT2D eigenvalue weighted by Crippen LogP contribution is -2.28. The van der Waals surface area contributed by atoms with E-state index in [9.17, 15) is 0 Å². The summed E-state index contributed by atoms with van der Waals surface area (Å²) in [6.45, 7) is 3.00. The van der Waals surface area contributed by atoms with E-state index in [-0.39, 0.29) is 0 Å². The van der Waals surface area contributed by atoms with E-state index in [0.29, 0.717) is 5.92 Å². The molecule has 0 radical (unpaired) electrons. The molecule has 1 aromatic heterocycles. The van der Waals surface area contributed by atoms with Crippen LogP contribution in [0.5, 0.6) is 0 Å². The fraction of sp³-hybridized carbons (Fsp3) is 0.481. The van der Waals surface area contributed by atoms with Crippen molar-refractivity contribution < 1.29 is 0 Å². The predicted octanol–water partition coefficient (Wildman–Crippen LogP) is 4.77. The third-order valence-corrected chi connectivity index (χ3v) is 6.74. The molecule has 3 aromatic rings. The molecule has 2 N–H and O–H groups in total. The molecule has 4 rings (SSSR count). The van der Waals surface area contributed by atoms with Crippen molar-refractivity contribution >= 4 is 28.4 Å². The van der Waals surface area contributed by atoms with Gasteiger partial charge in [0.15, 0.2) is 0 Å². The minimum absolute atomic E-state index is 0.692. The van der Waals surface area contributed by atoms with Crippen LogP contribution in [0.4, 0.5) is 17.5 Å². The normalized spacial score (nSPS) is 18.3. The lowest BCUT2D eigenvalue weighted by molar-refractivity contribution is 0.275. The number of rotatable bonds is 9. The van der Waals surface area contributed by atoms with Crippen LogP contribution in [0.25, 0.3) is 10.9 Å². The molecule has 33 heavy (non-hydrogen) atoms. The van der Waals surface area contributed by atoms with Gasteiger partial charge in [-0.1, -0.05) is 24.3 Å². The maximum absolute atomic E-state index is 4.78. The summed E-state index contributed by atoms with van der Waals surface area (Å²) in [5.41, 5.74) is 3.59. The van der Waals surface area contributed by atoms with Gasteiger partial charge in [0.05, 0.1) is 5.52 Å². The van der Waals surface area contributed by atoms with E-state index >= 15 is 0 Å². The summed E-state index contributed by atoms with van der Waals surface area (Å²) in [6.07, 6.45) is 5.12. The fourth-order valence-electron chi connectivity index (χ4n) is 4.69. The Kier molecular flexibility index (Phi) is 7.65. The summed E-state index contributed by atoms with van der Waals surface area (Å²) in [6, 6.07) is 17.0. The number of hydrogen-bond donors (Lipinski definition) is 2. The SMILES string of the molecule is CN(C)c1ccc(CNCC2CCC(CNc3nc(N(C)C)c4ccccc4n3)CC2)cc1. The highest BCUT2D eigenvalue weighted by Crippen LogP contribution is 2.29. The molecule has 0 saturated heterocycles. The van der Waals surface area contributed by atoms with E-state index in [4.69, 9.17) is 9.97 Å². The van der Waals surface area contributed by atoms with Crippen molar-refractivity contribution in [2.24, 2.45) is 11.8 Å². The maximum Gasteiger partial charge on any atom is 0.225 e. The van der Waals surface area contributed by atoms with Crippen LogP contribution in [0.1, 0.15) is 31.2 Å². The van der Waals surface area contributed by atoms with Crippen molar-refractivity contribution in [3.05, 3.63) is 54.1 Å². The predicted molar refractivity (Wildman–Crippen MR) is 140 cm³/mol. The molecular formula is C27H38N6. The molecule has 176 valence electrons. The zero-order valence-corrected chi connectivity index (χ0v) is 20.5. The van der Waals surface area contributed by atoms with Gasteiger partial charge < -0.3 is 20.4 Å². The van der Waals surface area contributed by atoms with Gasteiger partial charge >= 0.3 is 0 Å². The Morgan fingerprint density at radius 2 is 1.45 bits per heavy atom. The van der Waals surface area contributed by atoms with Crippen LogP contribution in [0.3, 0.4) is 0 Å². The number of anilines is 3. The smallest absolute Gasteiger partial charge is 0.225 e. The second-order valence-corrected chi connectivity index (χ2v) is 9.74. The van der Waals surface area contributed by atoms with E-state index in [1.54, 1.807) is 0 Å². The third kappa shape index (κ3) is 6.14. The van der Waals surface area contributed by atoms with Crippen molar-refractivity contribution in [2.45, 2.75) is 32.2 Å². The number of hydrogen-bond acceptors (Lipinski definition) is 6. The molecule has 6 heteroatoms. The van der Waals surface area contributed by atoms with E-state index in [1.807, 2.05) is 26.2 Å². The van der Waals surface area contributed by atoms with Crippen LogP contribution >= 0.6 is 0 Å². The average molecular weight is 447 g/mol. The maximum atomic E-state index is 4.78. The van der Waals surface area contributed by atoms with E-state index in [1.165, 1.54) is 36.9 Å². The molecule has 1 fully saturated rings. The Morgan fingerprint density at radius 1 is 0.788 bits per heavy atom. The number of fused-ring (bicyclic) bond motifs is 1. The van der Waals surface area contributed by atoms with E-state index in [0.717, 1.165) is 48.2 Å². The van der Waals surface area contributed by atoms with Gasteiger partial charge in [0, 0.05) is 52.4 Å². The lowest BCUT2D eigenvalue weighted by Gasteiger charge is -2.29. The highest BCUT2D eigenvalue weighted by atomic mass is 15.2. The minimum atomic E-state index is 0.692. The third-order valence-electron chi connectivity index (χ3n) is 6.74. The molecule has 0 atom stereocenters. The van der Waals surface area contributed by atoms with Gasteiger partial charge in [0.1, 0.15) is 5.82 Å². The molecule has 2 aromatic carbocycles. The highest BCUT2D eigenvalue weighted by Gasteiger charge is 2.21. The first-order valence-electron chi connectivity index (χ1n) is 12.1. The van der Waals surface area contributed by atoms with Gasteiger partial charge in [0.25, 0.3) is 0 Å². The standard InChI is InChI=1S/C27H38N6/c1-32(2)23-15-13-21(14-16-23)18-28-17-20-9-11-22(12-10-20)19-29-27-30-25-8-6-5-7-24(25)26(31-27)33(3)4/h5-8,13-16,20,22,28H,9-12,17-19H2,1-4H3,(H,29,30,31). The molecule has 0 aliphatic heterocycles. The lowest BCUT2D eigenvalue weighted by atomic mass is 9.82. The minimum Gasteiger partial charge on any atom is -0.378 e. The van der Waals surface area contributed by atoms with Gasteiger partial charge in [-0.15, -0.1) is 0 Å². The summed E-state index contributed by atoms with van der Waals surface area (Å²) >= 11 is 0. The first-order valence-corrected chi connectivity index (χ1v) is 12.1. The van der Waals surface area contributed by atoms with Gasteiger partial charge in [0.2, 0.25) is 5.95 Å². The van der Waals surface area contributed by atoms with Crippen LogP contribution in [0.15, 0.2) is 48.5 Å². The average Bonchev–Trinajstić information content (AvgIpc) is 2.83. The molecule has 1 heterocycles. The second kappa shape index (κ2) is 10.8. The second-order valence-electron chi connectivity index (χ2n) is 9.74. The first kappa shape index (κ1) is 23.3. The number of aromatic nitrogens is 2. The molecule has 1 saturated carbocycles. The molecule has 6 nitrogen and oxygen atoms in total. The van der Waals surface area contributed by atoms with Gasteiger partial charge in [-0.05, 0) is 73.9 Å². The Balaban J connectivity index is 1.21. The van der Waals surface area contributed by atoms with Crippen molar-refractivity contribution in [3.63, 3.8) is 0 Å². The first-order chi connectivity index (χ1) is 16.0. The molecule has 0 spiro atoms. The zero-order chi connectivity index (χ0) is 23.2. The van der Waals surface area contributed by atoms with Crippen molar-refractivity contribution in [2.75, 3.05) is 56.4 Å². The van der Waals surface area contributed by atoms with Crippen molar-refractivity contribution in [3.8, 4) is 0 Å². The van der Waals surface area contributed by atoms with Crippen LogP contribution in [0.2, 0.25) is 0 Å². The van der Waals surface area contributed by atoms with Crippen LogP contribution < -0.4 is 20.4 Å². The summed E-state index contributed by atoms with van der Waals surface area (Å²) in [7, 11) is 8.23. The monoisotopic (exact) mass is 446 g/mol. The fourth-order valence-corrected chi connectivity index (χ4v) is 4.69. The molecule has 1 aliphatic carbocycles. The van der Waals surface area contributed by atoms with Gasteiger partial charge in [-0.25, -0.2) is 4.98 Å². The molecular weight excluding hydrogens is 408 g/mol. The molecule has 0 amide bonds. The molecule has 0 bridgehead atoms. The van der Waals surface area contributed by atoms with Crippen molar-refractivity contribution in [1.82, 2.24) is 15.3 Å². The Hall–Kier alpha value is -2.86. The highest BCUT2D eigenvalue weighted by molar-refractivity contribution is 5.90. The zero-order valence-electron chi connectivity index (χ0n) is 20.5. The summed E-state index contributed by atoms with van der Waals surface area (Å²) in [4.78, 5) is 13.7. The number of nitrogens with one attached hydrogen (secondary N) is 2. The summed E-state index contributed by atoms with van der Waals surface area (Å²) in [5, 5.41) is 8.29. The number of para-hydroxylation sites is 1. The Labute approximate surface area is 198 Å². The Bertz CT molecular complexity index is 1020. The summed E-state index contributed by atoms with van der Waals surface area (Å²) in [5.74, 6) is 3.17. The van der Waals surface area contributed by atoms with Crippen LogP contribution in [0, 0.1) is 11.8 Å². The molecule has 1 aliphatic rings. The van der Waals surface area contributed by atoms with Crippen molar-refractivity contribution in [1.29, 1.82) is 0 Å². The number of nitrogens with zero attached hydrogens (tertiary/aromatic N) is 4. The Morgan fingerprint density at radius 3 is 2.12 bits per heavy atom. The summed E-state index contributed by atoms with van der Waals surface area (Å²) < 4.78 is 0. The number of benzene rings is 2. The largest absolute Gasteiger partial charge is 0.378 e. The van der Waals surface area contributed by atoms with Crippen LogP contribution in [-0.4, -0.2) is 51.2 Å². The topological polar surface area (TPSA) is 56.3 Å². The van der Waals surface area contributed by atoms with Gasteiger partial charge in [-0.3, -0.25) is 0 Å². The molecule has 0 unspecified atom stereocenters. The quantitative estimate of drug-likeness (QED) is 0.494. The van der Waals surface area contributed by atoms with E-state index in [2.05, 4.69) is 70.9 Å². The van der Waals surface area contributed by atoms with Gasteiger partial charge in [-0.2, -0.15) is 4.98 Å². The van der Waals surface area contributed by atoms with Crippen LogP contribution in [-0.2, 0) is 6.54 Å².